The van der Waals surface area contributed by atoms with Crippen molar-refractivity contribution in [3.8, 4) is 11.5 Å². The van der Waals surface area contributed by atoms with Crippen LogP contribution in [0.4, 0.5) is 4.39 Å². The molecule has 3 N–H and O–H groups in total. The molecule has 8 heteroatoms. The molecule has 0 unspecified atom stereocenters. The zero-order valence-corrected chi connectivity index (χ0v) is 19.6. The van der Waals surface area contributed by atoms with Crippen LogP contribution in [0.1, 0.15) is 24.0 Å². The number of aliphatic imine (C=N–C) groups is 1. The number of guanidine groups is 1. The summed E-state index contributed by atoms with van der Waals surface area (Å²) < 4.78 is 23.8. The van der Waals surface area contributed by atoms with Crippen LogP contribution >= 0.6 is 35.6 Å². The van der Waals surface area contributed by atoms with Crippen molar-refractivity contribution in [3.05, 3.63) is 58.4 Å². The molecule has 0 spiro atoms. The number of benzene rings is 2. The summed E-state index contributed by atoms with van der Waals surface area (Å²) in [7, 11) is 3.23. The van der Waals surface area contributed by atoms with E-state index in [2.05, 4.69) is 10.3 Å². The number of hydrogen-bond acceptors (Lipinski definition) is 3. The third-order valence-corrected chi connectivity index (χ3v) is 5.39. The molecule has 158 valence electrons. The first-order valence-corrected chi connectivity index (χ1v) is 9.55. The van der Waals surface area contributed by atoms with Crippen molar-refractivity contribution in [3.63, 3.8) is 0 Å². The summed E-state index contributed by atoms with van der Waals surface area (Å²) >= 11 is 6.21. The van der Waals surface area contributed by atoms with Gasteiger partial charge in [-0.2, -0.15) is 0 Å². The molecular formula is C21H26ClFIN3O2. The van der Waals surface area contributed by atoms with Crippen LogP contribution in [0.2, 0.25) is 5.02 Å². The van der Waals surface area contributed by atoms with Gasteiger partial charge in [0, 0.05) is 17.0 Å². The second-order valence-corrected chi connectivity index (χ2v) is 7.38. The number of ether oxygens (including phenoxy) is 2. The van der Waals surface area contributed by atoms with Gasteiger partial charge in [0.2, 0.25) is 0 Å². The van der Waals surface area contributed by atoms with Gasteiger partial charge >= 0.3 is 0 Å². The van der Waals surface area contributed by atoms with E-state index in [1.165, 1.54) is 12.1 Å². The molecule has 2 aromatic rings. The molecule has 29 heavy (non-hydrogen) atoms. The third-order valence-electron chi connectivity index (χ3n) is 5.08. The normalized spacial score (nSPS) is 14.7. The molecule has 1 aliphatic rings. The molecular weight excluding hydrogens is 508 g/mol. The molecule has 0 aliphatic heterocycles. The average molecular weight is 534 g/mol. The van der Waals surface area contributed by atoms with E-state index in [1.54, 1.807) is 20.3 Å². The highest BCUT2D eigenvalue weighted by molar-refractivity contribution is 14.0. The lowest BCUT2D eigenvalue weighted by Crippen LogP contribution is -2.34. The summed E-state index contributed by atoms with van der Waals surface area (Å²) in [6.07, 6.45) is 2.72. The molecule has 1 saturated carbocycles. The van der Waals surface area contributed by atoms with Crippen molar-refractivity contribution in [2.45, 2.75) is 24.7 Å². The van der Waals surface area contributed by atoms with Crippen LogP contribution in [0.25, 0.3) is 0 Å². The van der Waals surface area contributed by atoms with E-state index in [0.29, 0.717) is 35.6 Å². The predicted molar refractivity (Wildman–Crippen MR) is 125 cm³/mol. The molecule has 0 bridgehead atoms. The maximum atomic E-state index is 13.3. The van der Waals surface area contributed by atoms with Crippen LogP contribution in [0.3, 0.4) is 0 Å². The fourth-order valence-corrected chi connectivity index (χ4v) is 3.61. The Morgan fingerprint density at radius 1 is 1.17 bits per heavy atom. The largest absolute Gasteiger partial charge is 0.493 e. The van der Waals surface area contributed by atoms with Crippen molar-refractivity contribution in [2.75, 3.05) is 27.3 Å². The van der Waals surface area contributed by atoms with Gasteiger partial charge in [-0.25, -0.2) is 4.39 Å². The summed E-state index contributed by atoms with van der Waals surface area (Å²) in [5.41, 5.74) is 7.94. The number of hydrogen-bond donors (Lipinski definition) is 2. The second-order valence-electron chi connectivity index (χ2n) is 6.97. The molecule has 2 aromatic carbocycles. The Labute approximate surface area is 192 Å². The standard InChI is InChI=1S/C21H25ClFN3O2.HI/c1-27-18-6-3-14(11-19(18)28-2)7-10-25-20(24)26-13-21(8-9-21)16-5-4-15(23)12-17(16)22;/h3-6,11-12H,7-10,13H2,1-2H3,(H3,24,25,26);1H. The molecule has 0 atom stereocenters. The Kier molecular flexibility index (Phi) is 8.39. The number of nitrogens with two attached hydrogens (primary N) is 1. The number of rotatable bonds is 8. The molecule has 0 heterocycles. The minimum absolute atomic E-state index is 0. The molecule has 1 aliphatic carbocycles. The lowest BCUT2D eigenvalue weighted by Gasteiger charge is -2.15. The first-order valence-electron chi connectivity index (χ1n) is 9.18. The highest BCUT2D eigenvalue weighted by Crippen LogP contribution is 2.50. The Hall–Kier alpha value is -1.74. The quantitative estimate of drug-likeness (QED) is 0.302. The van der Waals surface area contributed by atoms with Crippen LogP contribution in [-0.2, 0) is 11.8 Å². The van der Waals surface area contributed by atoms with Gasteiger partial charge in [0.25, 0.3) is 0 Å². The van der Waals surface area contributed by atoms with Crippen LogP contribution < -0.4 is 20.5 Å². The molecule has 0 radical (unpaired) electrons. The maximum Gasteiger partial charge on any atom is 0.188 e. The van der Waals surface area contributed by atoms with E-state index in [0.717, 1.165) is 30.4 Å². The molecule has 5 nitrogen and oxygen atoms in total. The number of nitrogens with one attached hydrogen (secondary N) is 1. The lowest BCUT2D eigenvalue weighted by molar-refractivity contribution is 0.354. The Morgan fingerprint density at radius 3 is 2.52 bits per heavy atom. The van der Waals surface area contributed by atoms with Crippen molar-refractivity contribution in [1.82, 2.24) is 5.32 Å². The number of methoxy groups -OCH3 is 2. The van der Waals surface area contributed by atoms with Crippen molar-refractivity contribution in [1.29, 1.82) is 0 Å². The molecule has 0 saturated heterocycles. The summed E-state index contributed by atoms with van der Waals surface area (Å²) in [5.74, 6) is 1.47. The van der Waals surface area contributed by atoms with E-state index in [9.17, 15) is 4.39 Å². The fraction of sp³-hybridized carbons (Fsp3) is 0.381. The van der Waals surface area contributed by atoms with E-state index in [-0.39, 0.29) is 35.2 Å². The van der Waals surface area contributed by atoms with Gasteiger partial charge in [-0.3, -0.25) is 4.99 Å². The highest BCUT2D eigenvalue weighted by atomic mass is 127. The monoisotopic (exact) mass is 533 g/mol. The van der Waals surface area contributed by atoms with Crippen LogP contribution in [0.5, 0.6) is 11.5 Å². The third kappa shape index (κ3) is 5.88. The first-order chi connectivity index (χ1) is 13.5. The lowest BCUT2D eigenvalue weighted by atomic mass is 9.96. The Balaban J connectivity index is 0.00000300. The zero-order chi connectivity index (χ0) is 20.1. The van der Waals surface area contributed by atoms with Crippen LogP contribution in [-0.4, -0.2) is 33.3 Å². The van der Waals surface area contributed by atoms with Gasteiger partial charge < -0.3 is 20.5 Å². The van der Waals surface area contributed by atoms with Gasteiger partial charge in [-0.15, -0.1) is 24.0 Å². The molecule has 1 fully saturated rings. The molecule has 3 rings (SSSR count). The number of halogens is 3. The second kappa shape index (κ2) is 10.3. The van der Waals surface area contributed by atoms with E-state index < -0.39 is 0 Å². The minimum Gasteiger partial charge on any atom is -0.493 e. The van der Waals surface area contributed by atoms with Crippen LogP contribution in [0.15, 0.2) is 41.4 Å². The predicted octanol–water partition coefficient (Wildman–Crippen LogP) is 4.29. The minimum atomic E-state index is -0.329. The summed E-state index contributed by atoms with van der Waals surface area (Å²) in [4.78, 5) is 4.48. The van der Waals surface area contributed by atoms with E-state index >= 15 is 0 Å². The molecule has 0 aromatic heterocycles. The summed E-state index contributed by atoms with van der Waals surface area (Å²) in [6.45, 7) is 1.18. The van der Waals surface area contributed by atoms with Crippen LogP contribution in [0, 0.1) is 5.82 Å². The van der Waals surface area contributed by atoms with Crippen molar-refractivity contribution in [2.24, 2.45) is 10.7 Å². The van der Waals surface area contributed by atoms with Gasteiger partial charge in [-0.05, 0) is 54.7 Å². The van der Waals surface area contributed by atoms with Gasteiger partial charge in [0.05, 0.1) is 20.8 Å². The topological polar surface area (TPSA) is 68.9 Å². The highest BCUT2D eigenvalue weighted by Gasteiger charge is 2.45. The maximum absolute atomic E-state index is 13.3. The SMILES string of the molecule is COc1ccc(CCNC(N)=NCC2(c3ccc(F)cc3Cl)CC2)cc1OC.I. The average Bonchev–Trinajstić information content (AvgIpc) is 3.47. The molecule has 0 amide bonds. The smallest absolute Gasteiger partial charge is 0.188 e. The number of nitrogens with zero attached hydrogens (tertiary/aromatic N) is 1. The zero-order valence-electron chi connectivity index (χ0n) is 16.5. The van der Waals surface area contributed by atoms with E-state index in [1.807, 2.05) is 18.2 Å². The summed E-state index contributed by atoms with van der Waals surface area (Å²) in [5, 5.41) is 3.59. The van der Waals surface area contributed by atoms with E-state index in [4.69, 9.17) is 26.8 Å². The fourth-order valence-electron chi connectivity index (χ4n) is 3.25. The summed E-state index contributed by atoms with van der Waals surface area (Å²) in [6, 6.07) is 10.4. The van der Waals surface area contributed by atoms with Crippen molar-refractivity contribution < 1.29 is 13.9 Å². The Morgan fingerprint density at radius 2 is 1.90 bits per heavy atom. The van der Waals surface area contributed by atoms with Gasteiger partial charge in [-0.1, -0.05) is 23.7 Å². The van der Waals surface area contributed by atoms with Crippen molar-refractivity contribution >= 4 is 41.5 Å². The van der Waals surface area contributed by atoms with Gasteiger partial charge in [0.1, 0.15) is 5.82 Å². The van der Waals surface area contributed by atoms with Gasteiger partial charge in [0.15, 0.2) is 17.5 Å². The first kappa shape index (κ1) is 23.5. The Bertz CT molecular complexity index is 875.